The maximum Gasteiger partial charge on any atom is 0.220 e. The van der Waals surface area contributed by atoms with Crippen molar-refractivity contribution in [3.8, 4) is 0 Å². The third kappa shape index (κ3) is 17.7. The predicted molar refractivity (Wildman–Crippen MR) is 172 cm³/mol. The number of ether oxygens (including phenoxy) is 2. The van der Waals surface area contributed by atoms with E-state index in [2.05, 4.69) is 19.2 Å². The molecule has 0 aromatic heterocycles. The Labute approximate surface area is 266 Å². The van der Waals surface area contributed by atoms with Crippen LogP contribution in [0.3, 0.4) is 0 Å². The Bertz CT molecular complexity index is 683. The van der Waals surface area contributed by atoms with Crippen molar-refractivity contribution in [1.29, 1.82) is 0 Å². The van der Waals surface area contributed by atoms with Crippen LogP contribution in [0, 0.1) is 0 Å². The Morgan fingerprint density at radius 1 is 0.705 bits per heavy atom. The monoisotopic (exact) mass is 633 g/mol. The highest BCUT2D eigenvalue weighted by molar-refractivity contribution is 5.76. The molecule has 10 heteroatoms. The fourth-order valence-corrected chi connectivity index (χ4v) is 5.78. The molecule has 1 amide bonds. The summed E-state index contributed by atoms with van der Waals surface area (Å²) >= 11 is 0. The highest BCUT2D eigenvalue weighted by atomic mass is 16.7. The van der Waals surface area contributed by atoms with Crippen LogP contribution in [0.5, 0.6) is 0 Å². The van der Waals surface area contributed by atoms with Gasteiger partial charge in [0.25, 0.3) is 0 Å². The topological polar surface area (TPSA) is 169 Å². The number of rotatable bonds is 28. The molecule has 1 saturated heterocycles. The zero-order chi connectivity index (χ0) is 32.6. The highest BCUT2D eigenvalue weighted by Gasteiger charge is 2.44. The van der Waals surface area contributed by atoms with Gasteiger partial charge >= 0.3 is 0 Å². The van der Waals surface area contributed by atoms with E-state index in [9.17, 15) is 35.4 Å². The van der Waals surface area contributed by atoms with Gasteiger partial charge in [-0.25, -0.2) is 0 Å². The molecule has 0 aliphatic carbocycles. The molecule has 0 aromatic rings. The minimum Gasteiger partial charge on any atom is -0.394 e. The lowest BCUT2D eigenvalue weighted by Crippen LogP contribution is -2.60. The second-order valence-corrected chi connectivity index (χ2v) is 12.8. The molecule has 7 N–H and O–H groups in total. The maximum atomic E-state index is 12.8. The van der Waals surface area contributed by atoms with Crippen molar-refractivity contribution in [3.63, 3.8) is 0 Å². The van der Waals surface area contributed by atoms with Crippen molar-refractivity contribution in [3.05, 3.63) is 0 Å². The number of amides is 1. The van der Waals surface area contributed by atoms with Crippen molar-refractivity contribution in [1.82, 2.24) is 5.32 Å². The van der Waals surface area contributed by atoms with E-state index in [1.807, 2.05) is 0 Å². The van der Waals surface area contributed by atoms with Gasteiger partial charge < -0.3 is 45.4 Å². The van der Waals surface area contributed by atoms with Gasteiger partial charge in [-0.3, -0.25) is 4.79 Å². The summed E-state index contributed by atoms with van der Waals surface area (Å²) in [5, 5.41) is 64.4. The summed E-state index contributed by atoms with van der Waals surface area (Å²) in [4.78, 5) is 12.8. The van der Waals surface area contributed by atoms with Crippen LogP contribution in [0.1, 0.15) is 149 Å². The molecule has 2 unspecified atom stereocenters. The molecule has 1 fully saturated rings. The highest BCUT2D eigenvalue weighted by Crippen LogP contribution is 2.23. The zero-order valence-electron chi connectivity index (χ0n) is 27.8. The van der Waals surface area contributed by atoms with E-state index in [0.29, 0.717) is 6.42 Å². The minimum absolute atomic E-state index is 0.266. The van der Waals surface area contributed by atoms with Crippen LogP contribution >= 0.6 is 0 Å². The molecule has 1 rings (SSSR count). The predicted octanol–water partition coefficient (Wildman–Crippen LogP) is 4.24. The van der Waals surface area contributed by atoms with Gasteiger partial charge in [-0.15, -0.1) is 0 Å². The summed E-state index contributed by atoms with van der Waals surface area (Å²) in [5.74, 6) is -0.266. The average Bonchev–Trinajstić information content (AvgIpc) is 3.02. The van der Waals surface area contributed by atoms with Gasteiger partial charge in [0.15, 0.2) is 6.29 Å². The number of carbonyl (C=O) groups is 1. The third-order valence-electron chi connectivity index (χ3n) is 8.80. The van der Waals surface area contributed by atoms with Crippen LogP contribution in [0.4, 0.5) is 0 Å². The molecular formula is C34H67NO9. The second-order valence-electron chi connectivity index (χ2n) is 12.8. The van der Waals surface area contributed by atoms with Crippen molar-refractivity contribution in [2.45, 2.75) is 198 Å². The molecule has 1 aliphatic heterocycles. The second kappa shape index (κ2) is 26.2. The number of nitrogens with one attached hydrogen (secondary N) is 1. The van der Waals surface area contributed by atoms with Gasteiger partial charge in [-0.1, -0.05) is 129 Å². The summed E-state index contributed by atoms with van der Waals surface area (Å²) in [6, 6.07) is -0.980. The van der Waals surface area contributed by atoms with Crippen LogP contribution in [0.15, 0.2) is 0 Å². The van der Waals surface area contributed by atoms with Crippen LogP contribution in [-0.4, -0.2) is 98.7 Å². The fraction of sp³-hybridized carbons (Fsp3) is 0.971. The quantitative estimate of drug-likeness (QED) is 0.0623. The number of carbonyl (C=O) groups excluding carboxylic acids is 1. The molecule has 1 heterocycles. The zero-order valence-corrected chi connectivity index (χ0v) is 27.8. The molecule has 1 aliphatic rings. The average molecular weight is 634 g/mol. The SMILES string of the molecule is CCCCCCCCCCCCCC[C@@H](O)[C@@H](O)[C@H](CO[C@@H]1O[C@H](CO)[C@H](O)C(O)C1O)NC(=O)CCCCCCCCC. The first-order valence-electron chi connectivity index (χ1n) is 17.8. The summed E-state index contributed by atoms with van der Waals surface area (Å²) in [7, 11) is 0. The number of hydrogen-bond donors (Lipinski definition) is 7. The minimum atomic E-state index is -1.60. The lowest BCUT2D eigenvalue weighted by molar-refractivity contribution is -0.303. The van der Waals surface area contributed by atoms with Crippen LogP contribution in [-0.2, 0) is 14.3 Å². The summed E-state index contributed by atoms with van der Waals surface area (Å²) in [6.07, 6.45) is 12.8. The summed E-state index contributed by atoms with van der Waals surface area (Å²) in [6.45, 7) is 3.51. The lowest BCUT2D eigenvalue weighted by Gasteiger charge is -2.40. The van der Waals surface area contributed by atoms with E-state index in [0.717, 1.165) is 51.4 Å². The maximum absolute atomic E-state index is 12.8. The Morgan fingerprint density at radius 2 is 1.18 bits per heavy atom. The van der Waals surface area contributed by atoms with Crippen molar-refractivity contribution in [2.24, 2.45) is 0 Å². The van der Waals surface area contributed by atoms with Gasteiger partial charge in [-0.2, -0.15) is 0 Å². The van der Waals surface area contributed by atoms with Crippen molar-refractivity contribution in [2.75, 3.05) is 13.2 Å². The molecule has 10 nitrogen and oxygen atoms in total. The fourth-order valence-electron chi connectivity index (χ4n) is 5.78. The van der Waals surface area contributed by atoms with E-state index < -0.39 is 55.6 Å². The molecule has 0 bridgehead atoms. The summed E-state index contributed by atoms with van der Waals surface area (Å²) in [5.41, 5.74) is 0. The van der Waals surface area contributed by atoms with E-state index in [-0.39, 0.29) is 18.9 Å². The van der Waals surface area contributed by atoms with Crippen molar-refractivity contribution < 1.29 is 44.9 Å². The number of aliphatic hydroxyl groups excluding tert-OH is 6. The molecule has 0 radical (unpaired) electrons. The largest absolute Gasteiger partial charge is 0.394 e. The number of hydrogen-bond acceptors (Lipinski definition) is 9. The Balaban J connectivity index is 2.53. The van der Waals surface area contributed by atoms with Gasteiger partial charge in [-0.05, 0) is 12.8 Å². The van der Waals surface area contributed by atoms with E-state index in [1.54, 1.807) is 0 Å². The molecule has 0 aromatic carbocycles. The number of unbranched alkanes of at least 4 members (excludes halogenated alkanes) is 17. The third-order valence-corrected chi connectivity index (χ3v) is 8.80. The number of aliphatic hydroxyl groups is 6. The van der Waals surface area contributed by atoms with Crippen molar-refractivity contribution >= 4 is 5.91 Å². The van der Waals surface area contributed by atoms with E-state index in [4.69, 9.17) is 9.47 Å². The van der Waals surface area contributed by atoms with Gasteiger partial charge in [0.2, 0.25) is 5.91 Å². The Kier molecular flexibility index (Phi) is 24.6. The molecular weight excluding hydrogens is 566 g/mol. The van der Waals surface area contributed by atoms with E-state index >= 15 is 0 Å². The van der Waals surface area contributed by atoms with Gasteiger partial charge in [0.1, 0.15) is 30.5 Å². The first-order valence-corrected chi connectivity index (χ1v) is 17.8. The molecule has 8 atom stereocenters. The molecule has 0 saturated carbocycles. The van der Waals surface area contributed by atoms with Crippen LogP contribution in [0.2, 0.25) is 0 Å². The first kappa shape index (κ1) is 41.2. The molecule has 0 spiro atoms. The van der Waals surface area contributed by atoms with Gasteiger partial charge in [0.05, 0.1) is 25.4 Å². The molecule has 262 valence electrons. The van der Waals surface area contributed by atoms with E-state index in [1.165, 1.54) is 70.6 Å². The van der Waals surface area contributed by atoms with Crippen LogP contribution in [0.25, 0.3) is 0 Å². The smallest absolute Gasteiger partial charge is 0.220 e. The Hall–Kier alpha value is -0.850. The van der Waals surface area contributed by atoms with Gasteiger partial charge in [0, 0.05) is 6.42 Å². The lowest BCUT2D eigenvalue weighted by atomic mass is 9.98. The Morgan fingerprint density at radius 3 is 1.68 bits per heavy atom. The standard InChI is InChI=1S/C34H67NO9/c1-3-5-7-9-11-12-13-14-15-17-18-20-22-27(37)30(39)26(35-29(38)23-21-19-16-10-8-6-4-2)25-43-34-33(42)32(41)31(40)28(24-36)44-34/h26-28,30-34,36-37,39-42H,3-25H2,1-2H3,(H,35,38)/t26-,27+,28+,30-,31-,32?,33?,34+/m0/s1. The summed E-state index contributed by atoms with van der Waals surface area (Å²) < 4.78 is 11.0. The van der Waals surface area contributed by atoms with Crippen LogP contribution < -0.4 is 5.32 Å². The first-order chi connectivity index (χ1) is 21.3. The normalized spacial score (nSPS) is 24.2. The molecule has 44 heavy (non-hydrogen) atoms.